The van der Waals surface area contributed by atoms with Crippen LogP contribution in [0, 0.1) is 5.92 Å². The summed E-state index contributed by atoms with van der Waals surface area (Å²) in [6.07, 6.45) is 3.31. The highest BCUT2D eigenvalue weighted by molar-refractivity contribution is 5.94. The van der Waals surface area contributed by atoms with Crippen LogP contribution in [0.3, 0.4) is 0 Å². The fraction of sp³-hybridized carbons (Fsp3) is 0.600. The molecule has 0 unspecified atom stereocenters. The molecular formula is C25H36N4O6. The van der Waals surface area contributed by atoms with Crippen molar-refractivity contribution >= 4 is 23.7 Å². The number of hydrogen-bond acceptors (Lipinski definition) is 6. The van der Waals surface area contributed by atoms with E-state index in [-0.39, 0.29) is 30.0 Å². The zero-order valence-corrected chi connectivity index (χ0v) is 20.3. The lowest BCUT2D eigenvalue weighted by molar-refractivity contribution is -0.150. The van der Waals surface area contributed by atoms with E-state index in [9.17, 15) is 29.4 Å². The summed E-state index contributed by atoms with van der Waals surface area (Å²) in [5.74, 6) is -2.39. The van der Waals surface area contributed by atoms with Gasteiger partial charge in [-0.3, -0.25) is 14.4 Å². The molecule has 10 heteroatoms. The maximum absolute atomic E-state index is 13.4. The minimum absolute atomic E-state index is 0.0926. The number of rotatable bonds is 10. The van der Waals surface area contributed by atoms with Crippen LogP contribution < -0.4 is 16.0 Å². The Hall–Kier alpha value is -3.14. The highest BCUT2D eigenvalue weighted by Gasteiger charge is 2.40. The van der Waals surface area contributed by atoms with Crippen molar-refractivity contribution < 1.29 is 29.4 Å². The minimum Gasteiger partial charge on any atom is -0.508 e. The Kier molecular flexibility index (Phi) is 9.08. The summed E-state index contributed by atoms with van der Waals surface area (Å²) in [6.45, 7) is 4.81. The van der Waals surface area contributed by atoms with Crippen LogP contribution in [0.25, 0.3) is 0 Å². The molecule has 5 N–H and O–H groups in total. The standard InChI is InChI=1S/C25H36N4O6/c1-3-15(2)21(24(33)29-13-5-7-20(29)25(34)35)28-23(32)19(14-16-8-10-17(30)11-9-16)27-22(31)18-6-4-12-26-18/h8-11,15,18-21,26,30H,3-7,12-14H2,1-2H3,(H,27,31)(H,28,32)(H,34,35)/t15-,18-,19-,20-,21-/m0/s1. The summed E-state index contributed by atoms with van der Waals surface area (Å²) < 4.78 is 0. The third-order valence-corrected chi connectivity index (χ3v) is 6.98. The molecule has 2 fully saturated rings. The van der Waals surface area contributed by atoms with Crippen molar-refractivity contribution in [1.29, 1.82) is 0 Å². The van der Waals surface area contributed by atoms with Crippen molar-refractivity contribution in [2.24, 2.45) is 5.92 Å². The maximum atomic E-state index is 13.4. The second-order valence-electron chi connectivity index (χ2n) is 9.48. The summed E-state index contributed by atoms with van der Waals surface area (Å²) in [4.78, 5) is 52.6. The first-order chi connectivity index (χ1) is 16.7. The SMILES string of the molecule is CC[C@H](C)[C@H](NC(=O)[C@H](Cc1ccc(O)cc1)NC(=O)[C@@H]1CCCN1)C(=O)N1CCC[C@H]1C(=O)O. The van der Waals surface area contributed by atoms with Crippen LogP contribution in [0.5, 0.6) is 5.75 Å². The van der Waals surface area contributed by atoms with E-state index < -0.39 is 35.9 Å². The molecule has 3 rings (SSSR count). The van der Waals surface area contributed by atoms with E-state index in [2.05, 4.69) is 16.0 Å². The smallest absolute Gasteiger partial charge is 0.326 e. The zero-order chi connectivity index (χ0) is 25.5. The predicted octanol–water partition coefficient (Wildman–Crippen LogP) is 0.778. The van der Waals surface area contributed by atoms with Gasteiger partial charge in [0.15, 0.2) is 0 Å². The van der Waals surface area contributed by atoms with E-state index in [0.717, 1.165) is 18.5 Å². The number of carbonyl (C=O) groups is 4. The topological polar surface area (TPSA) is 148 Å². The number of nitrogens with one attached hydrogen (secondary N) is 3. The molecule has 192 valence electrons. The van der Waals surface area contributed by atoms with E-state index in [1.165, 1.54) is 17.0 Å². The van der Waals surface area contributed by atoms with Crippen molar-refractivity contribution in [3.05, 3.63) is 29.8 Å². The van der Waals surface area contributed by atoms with Crippen molar-refractivity contribution in [1.82, 2.24) is 20.9 Å². The highest BCUT2D eigenvalue weighted by Crippen LogP contribution is 2.22. The largest absolute Gasteiger partial charge is 0.508 e. The second-order valence-corrected chi connectivity index (χ2v) is 9.48. The van der Waals surface area contributed by atoms with Crippen molar-refractivity contribution in [3.8, 4) is 5.75 Å². The van der Waals surface area contributed by atoms with E-state index in [1.807, 2.05) is 13.8 Å². The molecule has 3 amide bonds. The Morgan fingerprint density at radius 1 is 1.11 bits per heavy atom. The number of likely N-dealkylation sites (tertiary alicyclic amines) is 1. The first-order valence-corrected chi connectivity index (χ1v) is 12.4. The summed E-state index contributed by atoms with van der Waals surface area (Å²) in [5, 5.41) is 27.9. The average Bonchev–Trinajstić information content (AvgIpc) is 3.55. The van der Waals surface area contributed by atoms with Crippen LogP contribution in [0.2, 0.25) is 0 Å². The monoisotopic (exact) mass is 488 g/mol. The van der Waals surface area contributed by atoms with Gasteiger partial charge in [0.25, 0.3) is 0 Å². The number of carboxylic acid groups (broad SMARTS) is 1. The average molecular weight is 489 g/mol. The molecule has 1 aromatic rings. The van der Waals surface area contributed by atoms with E-state index in [1.54, 1.807) is 12.1 Å². The molecule has 2 aliphatic rings. The Labute approximate surface area is 205 Å². The van der Waals surface area contributed by atoms with Crippen molar-refractivity contribution in [2.45, 2.75) is 76.5 Å². The molecule has 1 aromatic carbocycles. The Morgan fingerprint density at radius 2 is 1.83 bits per heavy atom. The lowest BCUT2D eigenvalue weighted by Gasteiger charge is -2.31. The lowest BCUT2D eigenvalue weighted by atomic mass is 9.96. The number of phenolic OH excluding ortho intramolecular Hbond substituents is 1. The summed E-state index contributed by atoms with van der Waals surface area (Å²) in [6, 6.07) is 3.25. The first kappa shape index (κ1) is 26.5. The van der Waals surface area contributed by atoms with Gasteiger partial charge in [-0.25, -0.2) is 4.79 Å². The van der Waals surface area contributed by atoms with Crippen LogP contribution in [0.1, 0.15) is 51.5 Å². The van der Waals surface area contributed by atoms with Gasteiger partial charge in [-0.2, -0.15) is 0 Å². The van der Waals surface area contributed by atoms with Crippen LogP contribution in [0.4, 0.5) is 0 Å². The number of aliphatic carboxylic acids is 1. The molecule has 2 aliphatic heterocycles. The number of hydrogen-bond donors (Lipinski definition) is 5. The number of carbonyl (C=O) groups excluding carboxylic acids is 3. The van der Waals surface area contributed by atoms with Gasteiger partial charge in [0.1, 0.15) is 23.9 Å². The summed E-state index contributed by atoms with van der Waals surface area (Å²) in [5.41, 5.74) is 0.736. The molecule has 0 aromatic heterocycles. The Morgan fingerprint density at radius 3 is 2.43 bits per heavy atom. The second kappa shape index (κ2) is 12.0. The molecule has 5 atom stereocenters. The lowest BCUT2D eigenvalue weighted by Crippen LogP contribution is -2.59. The van der Waals surface area contributed by atoms with Crippen molar-refractivity contribution in [2.75, 3.05) is 13.1 Å². The normalized spacial score (nSPS) is 22.3. The predicted molar refractivity (Wildman–Crippen MR) is 129 cm³/mol. The molecule has 0 bridgehead atoms. The van der Waals surface area contributed by atoms with E-state index in [4.69, 9.17) is 0 Å². The van der Waals surface area contributed by atoms with Crippen molar-refractivity contribution in [3.63, 3.8) is 0 Å². The fourth-order valence-electron chi connectivity index (χ4n) is 4.66. The maximum Gasteiger partial charge on any atom is 0.326 e. The molecule has 35 heavy (non-hydrogen) atoms. The molecule has 2 saturated heterocycles. The van der Waals surface area contributed by atoms with Crippen LogP contribution in [-0.2, 0) is 25.6 Å². The van der Waals surface area contributed by atoms with E-state index in [0.29, 0.717) is 32.2 Å². The fourth-order valence-corrected chi connectivity index (χ4v) is 4.66. The minimum atomic E-state index is -1.05. The van der Waals surface area contributed by atoms with E-state index >= 15 is 0 Å². The van der Waals surface area contributed by atoms with Gasteiger partial charge in [-0.05, 0) is 55.8 Å². The van der Waals surface area contributed by atoms with Gasteiger partial charge in [-0.15, -0.1) is 0 Å². The van der Waals surface area contributed by atoms with Gasteiger partial charge in [-0.1, -0.05) is 32.4 Å². The van der Waals surface area contributed by atoms with Gasteiger partial charge in [0, 0.05) is 13.0 Å². The number of aromatic hydroxyl groups is 1. The molecule has 0 aliphatic carbocycles. The van der Waals surface area contributed by atoms with Crippen LogP contribution >= 0.6 is 0 Å². The molecule has 0 radical (unpaired) electrons. The van der Waals surface area contributed by atoms with Gasteiger partial charge < -0.3 is 31.1 Å². The zero-order valence-electron chi connectivity index (χ0n) is 20.3. The highest BCUT2D eigenvalue weighted by atomic mass is 16.4. The van der Waals surface area contributed by atoms with Crippen LogP contribution in [0.15, 0.2) is 24.3 Å². The molecule has 10 nitrogen and oxygen atoms in total. The number of benzene rings is 1. The van der Waals surface area contributed by atoms with Crippen LogP contribution in [-0.4, -0.2) is 76.1 Å². The Bertz CT molecular complexity index is 915. The van der Waals surface area contributed by atoms with Gasteiger partial charge >= 0.3 is 5.97 Å². The third kappa shape index (κ3) is 6.72. The number of nitrogens with zero attached hydrogens (tertiary/aromatic N) is 1. The summed E-state index contributed by atoms with van der Waals surface area (Å²) >= 11 is 0. The Balaban J connectivity index is 1.79. The molecule has 0 spiro atoms. The molecular weight excluding hydrogens is 452 g/mol. The number of carboxylic acids is 1. The van der Waals surface area contributed by atoms with Gasteiger partial charge in [0.05, 0.1) is 6.04 Å². The quantitative estimate of drug-likeness (QED) is 0.327. The molecule has 2 heterocycles. The van der Waals surface area contributed by atoms with Gasteiger partial charge in [0.2, 0.25) is 17.7 Å². The summed E-state index contributed by atoms with van der Waals surface area (Å²) in [7, 11) is 0. The number of amides is 3. The third-order valence-electron chi connectivity index (χ3n) is 6.98. The first-order valence-electron chi connectivity index (χ1n) is 12.4. The molecule has 0 saturated carbocycles. The number of phenols is 1.